The number of hydrogen-bond acceptors (Lipinski definition) is 17. The zero-order chi connectivity index (χ0) is 69.1. The average molecular weight is 1290 g/mol. The first-order valence-corrected chi connectivity index (χ1v) is 31.8. The minimum Gasteiger partial charge on any atom is -0.458 e. The highest BCUT2D eigenvalue weighted by Gasteiger charge is 2.41. The molecular formula is C64H101N13O15. The minimum absolute atomic E-state index is 0.129. The molecule has 0 unspecified atom stereocenters. The Balaban J connectivity index is 1.82. The van der Waals surface area contributed by atoms with Crippen LogP contribution in [-0.4, -0.2) is 173 Å². The molecule has 1 heterocycles. The van der Waals surface area contributed by atoms with Crippen LogP contribution in [0.1, 0.15) is 138 Å². The number of aliphatic hydroxyl groups is 2. The normalized spacial score (nSPS) is 20.7. The first-order valence-electron chi connectivity index (χ1n) is 31.8. The Bertz CT molecular complexity index is 2830. The van der Waals surface area contributed by atoms with Crippen LogP contribution in [0.3, 0.4) is 0 Å². The third-order valence-electron chi connectivity index (χ3n) is 16.9. The maximum Gasteiger partial charge on any atom is 0.329 e. The van der Waals surface area contributed by atoms with Gasteiger partial charge in [0.05, 0.1) is 19.3 Å². The number of carbonyl (C=O) groups is 12. The summed E-state index contributed by atoms with van der Waals surface area (Å²) in [6, 6.07) is -0.231. The van der Waals surface area contributed by atoms with Crippen LogP contribution in [0.15, 0.2) is 48.5 Å². The molecule has 11 amide bonds. The summed E-state index contributed by atoms with van der Waals surface area (Å²) >= 11 is 0. The number of nitrogens with two attached hydrogens (primary N) is 3. The molecule has 2 aromatic carbocycles. The van der Waals surface area contributed by atoms with Crippen molar-refractivity contribution in [3.05, 3.63) is 59.7 Å². The number of aryl methyl sites for hydroxylation is 1. The third-order valence-corrected chi connectivity index (χ3v) is 16.9. The summed E-state index contributed by atoms with van der Waals surface area (Å²) in [5.74, 6) is -13.3. The Morgan fingerprint density at radius 3 is 1.53 bits per heavy atom. The molecular weight excluding hydrogens is 1190 g/mol. The summed E-state index contributed by atoms with van der Waals surface area (Å²) in [5.41, 5.74) is 21.3. The lowest BCUT2D eigenvalue weighted by molar-refractivity contribution is -0.157. The van der Waals surface area contributed by atoms with Crippen molar-refractivity contribution in [2.45, 2.75) is 213 Å². The van der Waals surface area contributed by atoms with Gasteiger partial charge in [0, 0.05) is 6.42 Å². The maximum atomic E-state index is 14.4. The van der Waals surface area contributed by atoms with Gasteiger partial charge in [-0.25, -0.2) is 4.79 Å². The van der Waals surface area contributed by atoms with E-state index < -0.39 is 193 Å². The van der Waals surface area contributed by atoms with Gasteiger partial charge in [0.25, 0.3) is 0 Å². The summed E-state index contributed by atoms with van der Waals surface area (Å²) in [6.45, 7) is 16.4. The Kier molecular flexibility index (Phi) is 32.9. The summed E-state index contributed by atoms with van der Waals surface area (Å²) < 4.78 is 5.72. The van der Waals surface area contributed by atoms with Crippen molar-refractivity contribution in [1.29, 1.82) is 0 Å². The highest BCUT2D eigenvalue weighted by Crippen LogP contribution is 2.22. The van der Waals surface area contributed by atoms with Gasteiger partial charge in [-0.3, -0.25) is 52.7 Å². The van der Waals surface area contributed by atoms with Gasteiger partial charge < -0.3 is 85.3 Å². The van der Waals surface area contributed by atoms with Crippen molar-refractivity contribution in [3.8, 4) is 11.1 Å². The number of esters is 1. The number of primary amides is 1. The number of unbranched alkanes of at least 4 members (excludes halogenated alkanes) is 1. The molecule has 16 atom stereocenters. The van der Waals surface area contributed by atoms with E-state index in [0.29, 0.717) is 32.2 Å². The highest BCUT2D eigenvalue weighted by atomic mass is 16.5. The Morgan fingerprint density at radius 1 is 0.576 bits per heavy atom. The van der Waals surface area contributed by atoms with E-state index in [-0.39, 0.29) is 25.7 Å². The van der Waals surface area contributed by atoms with E-state index in [0.717, 1.165) is 22.3 Å². The average Bonchev–Trinajstić information content (AvgIpc) is 1.31. The molecule has 512 valence electrons. The molecule has 92 heavy (non-hydrogen) atoms. The highest BCUT2D eigenvalue weighted by molar-refractivity contribution is 5.99. The van der Waals surface area contributed by atoms with Crippen LogP contribution in [-0.2, 0) is 68.7 Å². The van der Waals surface area contributed by atoms with E-state index >= 15 is 0 Å². The molecule has 0 saturated carbocycles. The van der Waals surface area contributed by atoms with Crippen molar-refractivity contribution in [2.75, 3.05) is 19.8 Å². The van der Waals surface area contributed by atoms with Crippen molar-refractivity contribution < 1.29 is 72.5 Å². The Hall–Kier alpha value is -8.08. The lowest BCUT2D eigenvalue weighted by Crippen LogP contribution is -2.63. The van der Waals surface area contributed by atoms with Gasteiger partial charge in [-0.2, -0.15) is 0 Å². The number of amides is 11. The second-order valence-electron chi connectivity index (χ2n) is 24.1. The number of hydrogen-bond donors (Lipinski definition) is 15. The molecule has 0 spiro atoms. The fourth-order valence-electron chi connectivity index (χ4n) is 9.85. The maximum absolute atomic E-state index is 14.4. The summed E-state index contributed by atoms with van der Waals surface area (Å²) in [6.07, 6.45) is 0.220. The van der Waals surface area contributed by atoms with Crippen molar-refractivity contribution in [2.24, 2.45) is 40.9 Å². The molecule has 1 aliphatic heterocycles. The number of aliphatic hydroxyl groups excluding tert-OH is 2. The number of nitrogens with one attached hydrogen (secondary N) is 10. The summed E-state index contributed by atoms with van der Waals surface area (Å²) in [7, 11) is 0. The molecule has 3 rings (SSSR count). The molecule has 0 aliphatic carbocycles. The molecule has 0 bridgehead atoms. The lowest BCUT2D eigenvalue weighted by Gasteiger charge is -2.31. The lowest BCUT2D eigenvalue weighted by atomic mass is 9.94. The molecule has 28 nitrogen and oxygen atoms in total. The van der Waals surface area contributed by atoms with Gasteiger partial charge in [0.2, 0.25) is 65.0 Å². The second-order valence-corrected chi connectivity index (χ2v) is 24.1. The van der Waals surface area contributed by atoms with Crippen LogP contribution >= 0.6 is 0 Å². The van der Waals surface area contributed by atoms with E-state index in [4.69, 9.17) is 21.9 Å². The van der Waals surface area contributed by atoms with Gasteiger partial charge >= 0.3 is 5.97 Å². The molecule has 18 N–H and O–H groups in total. The number of ether oxygens (including phenoxy) is 1. The fraction of sp³-hybridized carbons (Fsp3) is 0.625. The van der Waals surface area contributed by atoms with Crippen molar-refractivity contribution >= 4 is 70.9 Å². The molecule has 1 fully saturated rings. The van der Waals surface area contributed by atoms with E-state index in [2.05, 4.69) is 53.2 Å². The predicted octanol–water partition coefficient (Wildman–Crippen LogP) is -1.09. The van der Waals surface area contributed by atoms with Gasteiger partial charge in [0.1, 0.15) is 66.5 Å². The van der Waals surface area contributed by atoms with E-state index in [1.54, 1.807) is 55.4 Å². The molecule has 1 aliphatic rings. The molecule has 2 aromatic rings. The first kappa shape index (κ1) is 78.2. The molecule has 1 saturated heterocycles. The van der Waals surface area contributed by atoms with Crippen molar-refractivity contribution in [3.63, 3.8) is 0 Å². The Labute approximate surface area is 539 Å². The quantitative estimate of drug-likeness (QED) is 0.0292. The second kappa shape index (κ2) is 38.7. The van der Waals surface area contributed by atoms with E-state index in [1.807, 2.05) is 55.5 Å². The molecule has 28 heteroatoms. The zero-order valence-corrected chi connectivity index (χ0v) is 55.0. The van der Waals surface area contributed by atoms with E-state index in [9.17, 15) is 67.7 Å². The van der Waals surface area contributed by atoms with E-state index in [1.165, 1.54) is 13.8 Å². The summed E-state index contributed by atoms with van der Waals surface area (Å²) in [5, 5.41) is 46.4. The SMILES string of the molecule is CC[C@@H](C)[C@@H](NC(=O)[C@@H](CCC(N)=O)NC(=O)[C@H](CO)NC(=O)[C@@H](NC(=O)[C@H](N)Cc1ccc(-c2ccc(C)cc2)cc1)[C@@H](C)CC)C(=O)N[C@H](C(=O)N[C@@H](CO)C(=O)N[C@H]1C(=O)N[C@@H](C)C(=O)N[C@@H](CCCCN)C(=O)N[C@@H]([C@@H](C)CC)C(=O)O[C@H]1C)[C@@H](C)CC. The van der Waals surface area contributed by atoms with Crippen LogP contribution < -0.4 is 70.4 Å². The number of rotatable bonds is 34. The van der Waals surface area contributed by atoms with Crippen LogP contribution in [0, 0.1) is 30.6 Å². The van der Waals surface area contributed by atoms with Crippen LogP contribution in [0.2, 0.25) is 0 Å². The van der Waals surface area contributed by atoms with Gasteiger partial charge in [0.15, 0.2) is 0 Å². The zero-order valence-electron chi connectivity index (χ0n) is 55.0. The molecule has 0 radical (unpaired) electrons. The minimum atomic E-state index is -1.82. The van der Waals surface area contributed by atoms with Crippen LogP contribution in [0.5, 0.6) is 0 Å². The largest absolute Gasteiger partial charge is 0.458 e. The van der Waals surface area contributed by atoms with Crippen LogP contribution in [0.4, 0.5) is 0 Å². The summed E-state index contributed by atoms with van der Waals surface area (Å²) in [4.78, 5) is 165. The topological polar surface area (TPSA) is 453 Å². The third kappa shape index (κ3) is 23.9. The van der Waals surface area contributed by atoms with Gasteiger partial charge in [-0.1, -0.05) is 135 Å². The first-order chi connectivity index (χ1) is 43.5. The van der Waals surface area contributed by atoms with Crippen molar-refractivity contribution in [1.82, 2.24) is 53.2 Å². The number of cyclic esters (lactones) is 1. The smallest absolute Gasteiger partial charge is 0.329 e. The van der Waals surface area contributed by atoms with Gasteiger partial charge in [-0.15, -0.1) is 0 Å². The number of carbonyl (C=O) groups excluding carboxylic acids is 12. The van der Waals surface area contributed by atoms with Gasteiger partial charge in [-0.05, 0) is 99.8 Å². The van der Waals surface area contributed by atoms with Crippen LogP contribution in [0.25, 0.3) is 11.1 Å². The monoisotopic (exact) mass is 1290 g/mol. The molecule has 0 aromatic heterocycles. The fourth-order valence-corrected chi connectivity index (χ4v) is 9.85. The predicted molar refractivity (Wildman–Crippen MR) is 342 cm³/mol. The number of benzene rings is 2. The standard InChI is InChI=1S/C64H101N13O15/c1-12-34(6)49(73-55(82)43(66)30-40-21-25-42(26-22-40)41-23-19-33(5)20-24-41)60(87)71-46(31-78)58(85)70-45(27-28-48(67)80)57(84)74-51(36(8)14-3)62(89)75-50(35(7)13-2)61(88)72-47(32-79)59(86)77-53-39(11)92-64(91)52(37(9)15-4)76-56(83)44(18-16-17-29-65)69-54(81)38(10)68-63(53)90/h19-26,34-39,43-47,49-53,78-79H,12-18,27-32,65-66H2,1-11H3,(H2,67,80)(H,68,90)(H,69,81)(H,70,85)(H,71,87)(H,72,88)(H,73,82)(H,74,84)(H,75,89)(H,76,83)(H,77,86)/t34-,35-,36+,37-,38-,39-,43+,44-,45+,46-,47-,49-,50-,51+,52-,53+/m0/s1. The Morgan fingerprint density at radius 2 is 1.04 bits per heavy atom.